The van der Waals surface area contributed by atoms with Gasteiger partial charge in [0.1, 0.15) is 0 Å². The number of rotatable bonds is 3. The molecule has 0 N–H and O–H groups in total. The van der Waals surface area contributed by atoms with Gasteiger partial charge in [-0.1, -0.05) is 30.3 Å². The van der Waals surface area contributed by atoms with Gasteiger partial charge >= 0.3 is 0 Å². The first-order valence-electron chi connectivity index (χ1n) is 7.17. The van der Waals surface area contributed by atoms with E-state index in [0.717, 1.165) is 26.2 Å². The summed E-state index contributed by atoms with van der Waals surface area (Å²) in [6.45, 7) is 4.28. The molecule has 0 radical (unpaired) electrons. The highest BCUT2D eigenvalue weighted by atomic mass is 15.3. The van der Waals surface area contributed by atoms with Crippen molar-refractivity contribution in [3.63, 3.8) is 0 Å². The third-order valence-corrected chi connectivity index (χ3v) is 4.22. The Labute approximate surface area is 120 Å². The van der Waals surface area contributed by atoms with Crippen LogP contribution in [0.5, 0.6) is 0 Å². The molecule has 0 aliphatic carbocycles. The average molecular weight is 270 g/mol. The van der Waals surface area contributed by atoms with Crippen molar-refractivity contribution < 1.29 is 0 Å². The second kappa shape index (κ2) is 5.77. The first-order valence-corrected chi connectivity index (χ1v) is 7.17. The summed E-state index contributed by atoms with van der Waals surface area (Å²) >= 11 is 0. The maximum Gasteiger partial charge on any atom is 0.0945 e. The smallest absolute Gasteiger partial charge is 0.0945 e. The van der Waals surface area contributed by atoms with Gasteiger partial charge in [0.2, 0.25) is 0 Å². The third kappa shape index (κ3) is 2.76. The molecule has 3 rings (SSSR count). The molecule has 1 fully saturated rings. The van der Waals surface area contributed by atoms with Crippen molar-refractivity contribution in [3.8, 4) is 0 Å². The fraction of sp³-hybridized carbons (Fsp3) is 0.438. The van der Waals surface area contributed by atoms with E-state index in [4.69, 9.17) is 0 Å². The molecule has 1 aliphatic heterocycles. The minimum absolute atomic E-state index is 0.484. The van der Waals surface area contributed by atoms with Gasteiger partial charge in [-0.3, -0.25) is 9.80 Å². The number of nitrogens with zero attached hydrogens (tertiary/aromatic N) is 4. The highest BCUT2D eigenvalue weighted by Gasteiger charge is 2.25. The molecule has 20 heavy (non-hydrogen) atoms. The predicted molar refractivity (Wildman–Crippen MR) is 80.3 cm³/mol. The summed E-state index contributed by atoms with van der Waals surface area (Å²) in [5.74, 6) is 0. The molecule has 1 aliphatic rings. The SMILES string of the molecule is CN1CCN(Cc2cncn2C)CC1c1ccccc1. The lowest BCUT2D eigenvalue weighted by Crippen LogP contribution is -2.46. The highest BCUT2D eigenvalue weighted by Crippen LogP contribution is 2.24. The van der Waals surface area contributed by atoms with Crippen LogP contribution in [0.15, 0.2) is 42.9 Å². The second-order valence-electron chi connectivity index (χ2n) is 5.64. The van der Waals surface area contributed by atoms with Gasteiger partial charge in [-0.2, -0.15) is 0 Å². The van der Waals surface area contributed by atoms with E-state index in [1.54, 1.807) is 0 Å². The van der Waals surface area contributed by atoms with Crippen molar-refractivity contribution in [2.45, 2.75) is 12.6 Å². The summed E-state index contributed by atoms with van der Waals surface area (Å²) in [7, 11) is 4.28. The lowest BCUT2D eigenvalue weighted by atomic mass is 10.0. The van der Waals surface area contributed by atoms with Crippen molar-refractivity contribution in [2.24, 2.45) is 7.05 Å². The van der Waals surface area contributed by atoms with E-state index in [1.807, 2.05) is 12.5 Å². The molecular formula is C16H22N4. The number of piperazine rings is 1. The summed E-state index contributed by atoms with van der Waals surface area (Å²) < 4.78 is 2.11. The molecule has 1 atom stereocenters. The van der Waals surface area contributed by atoms with Crippen molar-refractivity contribution >= 4 is 0 Å². The lowest BCUT2D eigenvalue weighted by Gasteiger charge is -2.39. The van der Waals surface area contributed by atoms with Crippen LogP contribution in [-0.4, -0.2) is 46.0 Å². The normalized spacial score (nSPS) is 21.2. The van der Waals surface area contributed by atoms with Crippen LogP contribution in [0.4, 0.5) is 0 Å². The molecule has 1 unspecified atom stereocenters. The molecule has 2 aromatic rings. The zero-order valence-corrected chi connectivity index (χ0v) is 12.2. The zero-order chi connectivity index (χ0) is 13.9. The van der Waals surface area contributed by atoms with E-state index < -0.39 is 0 Å². The Balaban J connectivity index is 1.72. The van der Waals surface area contributed by atoms with Gasteiger partial charge in [-0.15, -0.1) is 0 Å². The van der Waals surface area contributed by atoms with Gasteiger partial charge < -0.3 is 4.57 Å². The van der Waals surface area contributed by atoms with Crippen molar-refractivity contribution in [3.05, 3.63) is 54.1 Å². The fourth-order valence-electron chi connectivity index (χ4n) is 2.87. The molecule has 0 spiro atoms. The summed E-state index contributed by atoms with van der Waals surface area (Å²) in [5.41, 5.74) is 2.69. The topological polar surface area (TPSA) is 24.3 Å². The Morgan fingerprint density at radius 1 is 1.15 bits per heavy atom. The van der Waals surface area contributed by atoms with Gasteiger partial charge in [0.05, 0.1) is 12.0 Å². The van der Waals surface area contributed by atoms with E-state index in [9.17, 15) is 0 Å². The van der Waals surface area contributed by atoms with Crippen LogP contribution >= 0.6 is 0 Å². The summed E-state index contributed by atoms with van der Waals surface area (Å²) in [6.07, 6.45) is 3.84. The minimum atomic E-state index is 0.484. The number of benzene rings is 1. The molecule has 4 nitrogen and oxygen atoms in total. The Kier molecular flexibility index (Phi) is 3.85. The van der Waals surface area contributed by atoms with Gasteiger partial charge in [0, 0.05) is 45.5 Å². The van der Waals surface area contributed by atoms with Crippen LogP contribution in [0.3, 0.4) is 0 Å². The zero-order valence-electron chi connectivity index (χ0n) is 12.2. The largest absolute Gasteiger partial charge is 0.337 e. The van der Waals surface area contributed by atoms with Crippen LogP contribution in [-0.2, 0) is 13.6 Å². The average Bonchev–Trinajstić information content (AvgIpc) is 2.87. The number of likely N-dealkylation sites (N-methyl/N-ethyl adjacent to an activating group) is 1. The molecule has 4 heteroatoms. The molecule has 0 bridgehead atoms. The molecule has 0 saturated carbocycles. The monoisotopic (exact) mass is 270 g/mol. The first kappa shape index (κ1) is 13.3. The molecular weight excluding hydrogens is 248 g/mol. The second-order valence-corrected chi connectivity index (χ2v) is 5.64. The summed E-state index contributed by atoms with van der Waals surface area (Å²) in [6, 6.07) is 11.3. The maximum atomic E-state index is 4.21. The summed E-state index contributed by atoms with van der Waals surface area (Å²) in [4.78, 5) is 9.18. The van der Waals surface area contributed by atoms with Gasteiger partial charge in [-0.25, -0.2) is 4.98 Å². The Morgan fingerprint density at radius 3 is 2.65 bits per heavy atom. The van der Waals surface area contributed by atoms with Gasteiger partial charge in [0.15, 0.2) is 0 Å². The highest BCUT2D eigenvalue weighted by molar-refractivity contribution is 5.20. The van der Waals surface area contributed by atoms with Gasteiger partial charge in [-0.05, 0) is 12.6 Å². The Morgan fingerprint density at radius 2 is 1.95 bits per heavy atom. The first-order chi connectivity index (χ1) is 9.74. The van der Waals surface area contributed by atoms with Crippen LogP contribution in [0.1, 0.15) is 17.3 Å². The maximum absolute atomic E-state index is 4.21. The van der Waals surface area contributed by atoms with E-state index in [2.05, 4.69) is 63.8 Å². The molecule has 0 amide bonds. The van der Waals surface area contributed by atoms with E-state index in [0.29, 0.717) is 6.04 Å². The Hall–Kier alpha value is -1.65. The molecule has 1 aromatic heterocycles. The molecule has 1 saturated heterocycles. The Bertz CT molecular complexity index is 549. The third-order valence-electron chi connectivity index (χ3n) is 4.22. The van der Waals surface area contributed by atoms with Crippen LogP contribution in [0.25, 0.3) is 0 Å². The predicted octanol–water partition coefficient (Wildman–Crippen LogP) is 1.91. The quantitative estimate of drug-likeness (QED) is 0.851. The van der Waals surface area contributed by atoms with E-state index in [-0.39, 0.29) is 0 Å². The van der Waals surface area contributed by atoms with Crippen LogP contribution in [0.2, 0.25) is 0 Å². The number of hydrogen-bond donors (Lipinski definition) is 0. The molecule has 106 valence electrons. The van der Waals surface area contributed by atoms with E-state index >= 15 is 0 Å². The molecule has 2 heterocycles. The fourth-order valence-corrected chi connectivity index (χ4v) is 2.87. The van der Waals surface area contributed by atoms with Gasteiger partial charge in [0.25, 0.3) is 0 Å². The number of aromatic nitrogens is 2. The van der Waals surface area contributed by atoms with Crippen molar-refractivity contribution in [1.29, 1.82) is 0 Å². The lowest BCUT2D eigenvalue weighted by molar-refractivity contribution is 0.0890. The number of imidazole rings is 1. The van der Waals surface area contributed by atoms with Crippen LogP contribution in [0, 0.1) is 0 Å². The summed E-state index contributed by atoms with van der Waals surface area (Å²) in [5, 5.41) is 0. The molecule has 1 aromatic carbocycles. The number of hydrogen-bond acceptors (Lipinski definition) is 3. The van der Waals surface area contributed by atoms with Crippen LogP contribution < -0.4 is 0 Å². The van der Waals surface area contributed by atoms with E-state index in [1.165, 1.54) is 11.3 Å². The van der Waals surface area contributed by atoms with Crippen molar-refractivity contribution in [2.75, 3.05) is 26.7 Å². The standard InChI is InChI=1S/C16H22N4/c1-18-8-9-20(11-15-10-17-13-19(15)2)12-16(18)14-6-4-3-5-7-14/h3-7,10,13,16H,8-9,11-12H2,1-2H3. The van der Waals surface area contributed by atoms with Crippen molar-refractivity contribution in [1.82, 2.24) is 19.4 Å². The minimum Gasteiger partial charge on any atom is -0.337 e. The number of aryl methyl sites for hydroxylation is 1.